The first-order chi connectivity index (χ1) is 14.2. The number of morpholine rings is 1. The van der Waals surface area contributed by atoms with Crippen molar-refractivity contribution in [2.75, 3.05) is 42.7 Å². The highest BCUT2D eigenvalue weighted by Crippen LogP contribution is 2.27. The van der Waals surface area contributed by atoms with Gasteiger partial charge in [0, 0.05) is 13.1 Å². The summed E-state index contributed by atoms with van der Waals surface area (Å²) in [7, 11) is 0. The number of ether oxygens (including phenoxy) is 1. The fourth-order valence-corrected chi connectivity index (χ4v) is 3.31. The molecule has 12 nitrogen and oxygen atoms in total. The van der Waals surface area contributed by atoms with E-state index in [2.05, 4.69) is 30.2 Å². The Kier molecular flexibility index (Phi) is 4.17. The van der Waals surface area contributed by atoms with Gasteiger partial charge in [-0.25, -0.2) is 9.61 Å². The molecule has 0 spiro atoms. The van der Waals surface area contributed by atoms with E-state index in [1.54, 1.807) is 0 Å². The first-order valence-electron chi connectivity index (χ1n) is 9.06. The van der Waals surface area contributed by atoms with Gasteiger partial charge >= 0.3 is 0 Å². The van der Waals surface area contributed by atoms with Crippen LogP contribution in [0.5, 0.6) is 0 Å². The van der Waals surface area contributed by atoms with Crippen LogP contribution in [0.4, 0.5) is 17.7 Å². The summed E-state index contributed by atoms with van der Waals surface area (Å²) in [6.45, 7) is 2.93. The lowest BCUT2D eigenvalue weighted by Crippen LogP contribution is -2.37. The molecule has 0 aliphatic carbocycles. The number of para-hydroxylation sites is 2. The molecule has 0 radical (unpaired) electrons. The zero-order valence-electron chi connectivity index (χ0n) is 15.4. The topological polar surface area (TPSA) is 160 Å². The van der Waals surface area contributed by atoms with Gasteiger partial charge in [-0.1, -0.05) is 12.1 Å². The Labute approximate surface area is 164 Å². The Morgan fingerprint density at radius 3 is 2.59 bits per heavy atom. The molecule has 0 bridgehead atoms. The van der Waals surface area contributed by atoms with E-state index in [1.165, 1.54) is 0 Å². The summed E-state index contributed by atoms with van der Waals surface area (Å²) in [6, 6.07) is 7.68. The highest BCUT2D eigenvalue weighted by molar-refractivity contribution is 5.81. The van der Waals surface area contributed by atoms with Crippen molar-refractivity contribution in [1.29, 1.82) is 0 Å². The maximum Gasteiger partial charge on any atom is 0.230 e. The number of aromatic nitrogens is 7. The molecule has 5 rings (SSSR count). The fraction of sp³-hybridized carbons (Fsp3) is 0.294. The van der Waals surface area contributed by atoms with Gasteiger partial charge in [-0.15, -0.1) is 0 Å². The Morgan fingerprint density at radius 1 is 0.966 bits per heavy atom. The third kappa shape index (κ3) is 3.18. The minimum Gasteiger partial charge on any atom is -0.379 e. The Bertz CT molecular complexity index is 1160. The molecular formula is C17H18N10O2. The lowest BCUT2D eigenvalue weighted by atomic mass is 10.3. The van der Waals surface area contributed by atoms with Gasteiger partial charge in [0.2, 0.25) is 11.9 Å². The Morgan fingerprint density at radius 2 is 1.79 bits per heavy atom. The average Bonchev–Trinajstić information content (AvgIpc) is 3.32. The number of hydrogen-bond acceptors (Lipinski definition) is 11. The molecule has 1 fully saturated rings. The highest BCUT2D eigenvalue weighted by Gasteiger charge is 2.21. The molecule has 4 aromatic rings. The second-order valence-corrected chi connectivity index (χ2v) is 6.52. The van der Waals surface area contributed by atoms with Crippen molar-refractivity contribution in [3.8, 4) is 11.5 Å². The van der Waals surface area contributed by atoms with E-state index >= 15 is 0 Å². The molecule has 4 N–H and O–H groups in total. The number of nitrogen functional groups attached to an aromatic ring is 2. The number of fused-ring (bicyclic) bond motifs is 1. The number of imidazole rings is 1. The van der Waals surface area contributed by atoms with E-state index in [-0.39, 0.29) is 11.8 Å². The summed E-state index contributed by atoms with van der Waals surface area (Å²) in [5.41, 5.74) is 13.9. The molecule has 0 unspecified atom stereocenters. The number of nitrogens with zero attached hydrogens (tertiary/aromatic N) is 8. The van der Waals surface area contributed by atoms with Crippen LogP contribution in [0.3, 0.4) is 0 Å². The van der Waals surface area contributed by atoms with Crippen molar-refractivity contribution in [2.24, 2.45) is 0 Å². The van der Waals surface area contributed by atoms with Crippen LogP contribution in [-0.2, 0) is 11.3 Å². The van der Waals surface area contributed by atoms with E-state index in [0.717, 1.165) is 11.0 Å². The van der Waals surface area contributed by atoms with Crippen LogP contribution in [0.1, 0.15) is 5.82 Å². The third-order valence-corrected chi connectivity index (χ3v) is 4.66. The maximum absolute atomic E-state index is 5.96. The minimum absolute atomic E-state index is 0.157. The van der Waals surface area contributed by atoms with E-state index in [9.17, 15) is 0 Å². The molecule has 1 aliphatic rings. The van der Waals surface area contributed by atoms with Gasteiger partial charge in [0.15, 0.2) is 23.2 Å². The van der Waals surface area contributed by atoms with Gasteiger partial charge < -0.3 is 25.7 Å². The predicted molar refractivity (Wildman–Crippen MR) is 104 cm³/mol. The second-order valence-electron chi connectivity index (χ2n) is 6.52. The van der Waals surface area contributed by atoms with E-state index < -0.39 is 0 Å². The van der Waals surface area contributed by atoms with Gasteiger partial charge in [0.25, 0.3) is 0 Å². The summed E-state index contributed by atoms with van der Waals surface area (Å²) in [5, 5.41) is 7.56. The van der Waals surface area contributed by atoms with Crippen LogP contribution in [0, 0.1) is 0 Å². The van der Waals surface area contributed by atoms with Crippen LogP contribution in [0.25, 0.3) is 22.6 Å². The monoisotopic (exact) mass is 394 g/mol. The molecule has 148 valence electrons. The molecule has 1 aliphatic heterocycles. The van der Waals surface area contributed by atoms with Gasteiger partial charge in [0.05, 0.1) is 30.8 Å². The Balaban J connectivity index is 1.58. The molecule has 1 saturated heterocycles. The molecule has 4 heterocycles. The highest BCUT2D eigenvalue weighted by atomic mass is 16.6. The summed E-state index contributed by atoms with van der Waals surface area (Å²) in [6.07, 6.45) is 0. The van der Waals surface area contributed by atoms with Crippen molar-refractivity contribution >= 4 is 28.7 Å². The first-order valence-corrected chi connectivity index (χ1v) is 9.06. The summed E-state index contributed by atoms with van der Waals surface area (Å²) >= 11 is 0. The molecule has 29 heavy (non-hydrogen) atoms. The van der Waals surface area contributed by atoms with Crippen molar-refractivity contribution < 1.29 is 9.37 Å². The summed E-state index contributed by atoms with van der Waals surface area (Å²) < 4.78 is 12.1. The predicted octanol–water partition coefficient (Wildman–Crippen LogP) is 0.321. The molecule has 0 atom stereocenters. The molecule has 1 aromatic carbocycles. The maximum atomic E-state index is 5.96. The lowest BCUT2D eigenvalue weighted by molar-refractivity contribution is 0.122. The zero-order valence-corrected chi connectivity index (χ0v) is 15.4. The normalized spacial score (nSPS) is 14.6. The van der Waals surface area contributed by atoms with Crippen LogP contribution >= 0.6 is 0 Å². The molecular weight excluding hydrogens is 376 g/mol. The standard InChI is InChI=1S/C17H18N10O2/c18-14-13(24-29-25-14)15-20-10-3-1-2-4-11(10)27(15)9-12-21-16(19)23-17(22-12)26-5-7-28-8-6-26/h1-4H,5-9H2,(H2,18,25)(H2,19,21,22,23). The first kappa shape index (κ1) is 17.3. The second kappa shape index (κ2) is 6.98. The number of benzene rings is 1. The Hall–Kier alpha value is -3.80. The van der Waals surface area contributed by atoms with Gasteiger partial charge in [-0.2, -0.15) is 15.0 Å². The van der Waals surface area contributed by atoms with E-state index in [0.29, 0.717) is 56.1 Å². The minimum atomic E-state index is 0.157. The van der Waals surface area contributed by atoms with E-state index in [1.807, 2.05) is 33.7 Å². The van der Waals surface area contributed by atoms with Crippen molar-refractivity contribution in [1.82, 2.24) is 34.8 Å². The van der Waals surface area contributed by atoms with Crippen molar-refractivity contribution in [3.05, 3.63) is 30.1 Å². The van der Waals surface area contributed by atoms with Gasteiger partial charge in [0.1, 0.15) is 0 Å². The fourth-order valence-electron chi connectivity index (χ4n) is 3.31. The van der Waals surface area contributed by atoms with Crippen LogP contribution in [0.15, 0.2) is 28.9 Å². The average molecular weight is 394 g/mol. The quantitative estimate of drug-likeness (QED) is 0.490. The number of nitrogens with two attached hydrogens (primary N) is 2. The summed E-state index contributed by atoms with van der Waals surface area (Å²) in [5.74, 6) is 1.86. The number of anilines is 3. The van der Waals surface area contributed by atoms with E-state index in [4.69, 9.17) is 20.8 Å². The third-order valence-electron chi connectivity index (χ3n) is 4.66. The van der Waals surface area contributed by atoms with Crippen LogP contribution in [-0.4, -0.2) is 61.1 Å². The van der Waals surface area contributed by atoms with Gasteiger partial charge in [-0.3, -0.25) is 0 Å². The largest absolute Gasteiger partial charge is 0.379 e. The molecule has 12 heteroatoms. The number of rotatable bonds is 4. The molecule has 0 amide bonds. The van der Waals surface area contributed by atoms with Crippen LogP contribution < -0.4 is 16.4 Å². The van der Waals surface area contributed by atoms with Crippen LogP contribution in [0.2, 0.25) is 0 Å². The number of hydrogen-bond donors (Lipinski definition) is 2. The smallest absolute Gasteiger partial charge is 0.230 e. The lowest BCUT2D eigenvalue weighted by Gasteiger charge is -2.26. The van der Waals surface area contributed by atoms with Crippen molar-refractivity contribution in [3.63, 3.8) is 0 Å². The molecule has 3 aromatic heterocycles. The van der Waals surface area contributed by atoms with Crippen molar-refractivity contribution in [2.45, 2.75) is 6.54 Å². The van der Waals surface area contributed by atoms with Gasteiger partial charge in [-0.05, 0) is 22.4 Å². The summed E-state index contributed by atoms with van der Waals surface area (Å²) in [4.78, 5) is 19.9. The zero-order chi connectivity index (χ0) is 19.8. The molecule has 0 saturated carbocycles. The SMILES string of the molecule is Nc1nc(Cn2c(-c3nonc3N)nc3ccccc32)nc(N2CCOCC2)n1.